The first-order valence-corrected chi connectivity index (χ1v) is 11.6. The number of rotatable bonds is 7. The highest BCUT2D eigenvalue weighted by atomic mass is 16.5. The van der Waals surface area contributed by atoms with E-state index in [0.717, 1.165) is 61.3 Å². The standard InChI is InChI=1S/C25H33N5O2/c1-5-22(19-13-16(3)7-8-17(19)4)29-25(31)21-14-26-24-20(15-27-30(24)6-2)23(21)28-18-9-11-32-12-10-18/h7-8,13-15,18,22H,5-6,9-12H2,1-4H3,(H,26,28)(H,29,31). The molecule has 1 aliphatic rings. The predicted molar refractivity (Wildman–Crippen MR) is 127 cm³/mol. The van der Waals surface area contributed by atoms with Crippen LogP contribution in [0.3, 0.4) is 0 Å². The molecule has 0 spiro atoms. The van der Waals surface area contributed by atoms with Gasteiger partial charge in [0.25, 0.3) is 5.91 Å². The van der Waals surface area contributed by atoms with Crippen molar-refractivity contribution in [1.82, 2.24) is 20.1 Å². The molecule has 7 heteroatoms. The molecule has 32 heavy (non-hydrogen) atoms. The average molecular weight is 436 g/mol. The normalized spacial score (nSPS) is 15.6. The van der Waals surface area contributed by atoms with Crippen molar-refractivity contribution in [2.75, 3.05) is 18.5 Å². The Kier molecular flexibility index (Phi) is 6.74. The molecule has 1 unspecified atom stereocenters. The molecule has 1 fully saturated rings. The zero-order valence-corrected chi connectivity index (χ0v) is 19.4. The zero-order chi connectivity index (χ0) is 22.7. The van der Waals surface area contributed by atoms with Gasteiger partial charge >= 0.3 is 0 Å². The summed E-state index contributed by atoms with van der Waals surface area (Å²) >= 11 is 0. The molecule has 0 bridgehead atoms. The number of hydrogen-bond donors (Lipinski definition) is 2. The monoisotopic (exact) mass is 435 g/mol. The third kappa shape index (κ3) is 4.48. The molecule has 1 aromatic carbocycles. The molecular weight excluding hydrogens is 402 g/mol. The summed E-state index contributed by atoms with van der Waals surface area (Å²) in [6.07, 6.45) is 6.12. The predicted octanol–water partition coefficient (Wildman–Crippen LogP) is 4.54. The third-order valence-electron chi connectivity index (χ3n) is 6.30. The summed E-state index contributed by atoms with van der Waals surface area (Å²) < 4.78 is 7.37. The molecule has 0 radical (unpaired) electrons. The molecule has 3 heterocycles. The summed E-state index contributed by atoms with van der Waals surface area (Å²) in [5, 5.41) is 12.2. The second-order valence-corrected chi connectivity index (χ2v) is 8.57. The Morgan fingerprint density at radius 1 is 1.22 bits per heavy atom. The van der Waals surface area contributed by atoms with Crippen LogP contribution >= 0.6 is 0 Å². The number of ether oxygens (including phenoxy) is 1. The molecule has 0 saturated carbocycles. The molecule has 1 amide bonds. The number of aryl methyl sites for hydroxylation is 3. The number of nitrogens with one attached hydrogen (secondary N) is 2. The van der Waals surface area contributed by atoms with Crippen molar-refractivity contribution in [2.24, 2.45) is 0 Å². The number of benzene rings is 1. The quantitative estimate of drug-likeness (QED) is 0.569. The molecule has 1 aliphatic heterocycles. The summed E-state index contributed by atoms with van der Waals surface area (Å²) in [5.74, 6) is -0.119. The number of amides is 1. The largest absolute Gasteiger partial charge is 0.381 e. The van der Waals surface area contributed by atoms with Gasteiger partial charge < -0.3 is 15.4 Å². The van der Waals surface area contributed by atoms with E-state index in [0.29, 0.717) is 5.56 Å². The Balaban J connectivity index is 1.69. The number of fused-ring (bicyclic) bond motifs is 1. The minimum atomic E-state index is -0.119. The van der Waals surface area contributed by atoms with Crippen LogP contribution in [0.25, 0.3) is 11.0 Å². The Morgan fingerprint density at radius 2 is 2.00 bits per heavy atom. The molecule has 0 aliphatic carbocycles. The van der Waals surface area contributed by atoms with Gasteiger partial charge in [-0.15, -0.1) is 0 Å². The molecular formula is C25H33N5O2. The van der Waals surface area contributed by atoms with Crippen LogP contribution in [0.5, 0.6) is 0 Å². The smallest absolute Gasteiger partial charge is 0.255 e. The van der Waals surface area contributed by atoms with Crippen LogP contribution in [0.2, 0.25) is 0 Å². The Bertz CT molecular complexity index is 1100. The fourth-order valence-electron chi connectivity index (χ4n) is 4.40. The number of anilines is 1. The molecule has 3 aromatic rings. The van der Waals surface area contributed by atoms with Gasteiger partial charge in [0, 0.05) is 32.0 Å². The van der Waals surface area contributed by atoms with E-state index in [4.69, 9.17) is 4.74 Å². The lowest BCUT2D eigenvalue weighted by molar-refractivity contribution is 0.0903. The lowest BCUT2D eigenvalue weighted by Crippen LogP contribution is -2.32. The van der Waals surface area contributed by atoms with Crippen LogP contribution in [-0.2, 0) is 11.3 Å². The SMILES string of the molecule is CCC(NC(=O)c1cnc2c(cnn2CC)c1NC1CCOCC1)c1cc(C)ccc1C. The lowest BCUT2D eigenvalue weighted by atomic mass is 9.97. The number of carbonyl (C=O) groups excluding carboxylic acids is 1. The van der Waals surface area contributed by atoms with Gasteiger partial charge in [0.2, 0.25) is 0 Å². The maximum absolute atomic E-state index is 13.5. The van der Waals surface area contributed by atoms with Crippen molar-refractivity contribution in [1.29, 1.82) is 0 Å². The van der Waals surface area contributed by atoms with E-state index in [9.17, 15) is 4.79 Å². The van der Waals surface area contributed by atoms with Crippen LogP contribution in [-0.4, -0.2) is 39.9 Å². The van der Waals surface area contributed by atoms with Gasteiger partial charge in [0.15, 0.2) is 5.65 Å². The van der Waals surface area contributed by atoms with Gasteiger partial charge in [-0.1, -0.05) is 30.7 Å². The van der Waals surface area contributed by atoms with Gasteiger partial charge in [-0.2, -0.15) is 5.10 Å². The zero-order valence-electron chi connectivity index (χ0n) is 19.4. The minimum absolute atomic E-state index is 0.0626. The highest BCUT2D eigenvalue weighted by Gasteiger charge is 2.24. The van der Waals surface area contributed by atoms with Crippen molar-refractivity contribution in [2.45, 2.75) is 65.6 Å². The summed E-state index contributed by atoms with van der Waals surface area (Å²) in [6, 6.07) is 6.58. The Hall–Kier alpha value is -2.93. The first-order valence-electron chi connectivity index (χ1n) is 11.6. The second kappa shape index (κ2) is 9.69. The van der Waals surface area contributed by atoms with Gasteiger partial charge in [-0.25, -0.2) is 9.67 Å². The van der Waals surface area contributed by atoms with E-state index >= 15 is 0 Å². The maximum atomic E-state index is 13.5. The van der Waals surface area contributed by atoms with E-state index < -0.39 is 0 Å². The number of hydrogen-bond acceptors (Lipinski definition) is 5. The van der Waals surface area contributed by atoms with Gasteiger partial charge in [0.05, 0.1) is 28.9 Å². The van der Waals surface area contributed by atoms with Crippen LogP contribution in [0.4, 0.5) is 5.69 Å². The van der Waals surface area contributed by atoms with Crippen LogP contribution in [0.1, 0.15) is 66.2 Å². The molecule has 2 N–H and O–H groups in total. The second-order valence-electron chi connectivity index (χ2n) is 8.57. The summed E-state index contributed by atoms with van der Waals surface area (Å²) in [7, 11) is 0. The molecule has 170 valence electrons. The molecule has 1 atom stereocenters. The van der Waals surface area contributed by atoms with Crippen LogP contribution < -0.4 is 10.6 Å². The van der Waals surface area contributed by atoms with E-state index in [1.807, 2.05) is 17.8 Å². The number of pyridine rings is 1. The Labute approximate surface area is 189 Å². The minimum Gasteiger partial charge on any atom is -0.381 e. The molecule has 7 nitrogen and oxygen atoms in total. The highest BCUT2D eigenvalue weighted by molar-refractivity contribution is 6.06. The first kappa shape index (κ1) is 22.3. The molecule has 4 rings (SSSR count). The van der Waals surface area contributed by atoms with Crippen molar-refractivity contribution < 1.29 is 9.53 Å². The first-order chi connectivity index (χ1) is 15.5. The van der Waals surface area contributed by atoms with E-state index in [-0.39, 0.29) is 18.0 Å². The van der Waals surface area contributed by atoms with Gasteiger partial charge in [-0.05, 0) is 51.2 Å². The van der Waals surface area contributed by atoms with Crippen molar-refractivity contribution in [3.63, 3.8) is 0 Å². The lowest BCUT2D eigenvalue weighted by Gasteiger charge is -2.26. The van der Waals surface area contributed by atoms with Crippen molar-refractivity contribution in [3.8, 4) is 0 Å². The van der Waals surface area contributed by atoms with Crippen molar-refractivity contribution >= 4 is 22.6 Å². The summed E-state index contributed by atoms with van der Waals surface area (Å²) in [4.78, 5) is 18.1. The Morgan fingerprint density at radius 3 is 2.72 bits per heavy atom. The summed E-state index contributed by atoms with van der Waals surface area (Å²) in [5.41, 5.74) is 5.70. The molecule has 1 saturated heterocycles. The van der Waals surface area contributed by atoms with Crippen LogP contribution in [0, 0.1) is 13.8 Å². The summed E-state index contributed by atoms with van der Waals surface area (Å²) in [6.45, 7) is 10.5. The van der Waals surface area contributed by atoms with Crippen molar-refractivity contribution in [3.05, 3.63) is 52.8 Å². The number of nitrogens with zero attached hydrogens (tertiary/aromatic N) is 3. The maximum Gasteiger partial charge on any atom is 0.255 e. The van der Waals surface area contributed by atoms with E-state index in [1.165, 1.54) is 11.1 Å². The fraction of sp³-hybridized carbons (Fsp3) is 0.480. The van der Waals surface area contributed by atoms with E-state index in [1.54, 1.807) is 6.20 Å². The van der Waals surface area contributed by atoms with E-state index in [2.05, 4.69) is 59.7 Å². The van der Waals surface area contributed by atoms with Gasteiger partial charge in [-0.3, -0.25) is 4.79 Å². The van der Waals surface area contributed by atoms with Crippen LogP contribution in [0.15, 0.2) is 30.6 Å². The highest BCUT2D eigenvalue weighted by Crippen LogP contribution is 2.29. The number of aromatic nitrogens is 3. The van der Waals surface area contributed by atoms with Gasteiger partial charge in [0.1, 0.15) is 0 Å². The molecule has 2 aromatic heterocycles. The number of carbonyl (C=O) groups is 1. The topological polar surface area (TPSA) is 81.1 Å². The average Bonchev–Trinajstić information content (AvgIpc) is 3.23. The third-order valence-corrected chi connectivity index (χ3v) is 6.30. The fourth-order valence-corrected chi connectivity index (χ4v) is 4.40.